The molecule has 5 atom stereocenters. The van der Waals surface area contributed by atoms with E-state index in [1.54, 1.807) is 0 Å². The average molecular weight is 1060 g/mol. The number of benzene rings is 2. The van der Waals surface area contributed by atoms with Crippen LogP contribution in [-0.4, -0.2) is 135 Å². The zero-order valence-corrected chi connectivity index (χ0v) is 46.8. The van der Waals surface area contributed by atoms with E-state index < -0.39 is 94.9 Å². The maximum absolute atomic E-state index is 14.0. The van der Waals surface area contributed by atoms with Gasteiger partial charge in [0, 0.05) is 46.2 Å². The van der Waals surface area contributed by atoms with Gasteiger partial charge in [-0.3, -0.25) is 19.0 Å². The molecule has 24 heteroatoms. The van der Waals surface area contributed by atoms with Crippen molar-refractivity contribution in [1.82, 2.24) is 14.2 Å². The number of rotatable bonds is 29. The summed E-state index contributed by atoms with van der Waals surface area (Å²) in [5.41, 5.74) is 0.879. The summed E-state index contributed by atoms with van der Waals surface area (Å²) in [6, 6.07) is 20.8. The van der Waals surface area contributed by atoms with Crippen LogP contribution in [0.1, 0.15) is 71.9 Å². The second kappa shape index (κ2) is 27.4. The van der Waals surface area contributed by atoms with Gasteiger partial charge >= 0.3 is 26.7 Å². The van der Waals surface area contributed by atoms with Gasteiger partial charge in [-0.2, -0.15) is 4.98 Å². The third kappa shape index (κ3) is 19.1. The normalized spacial score (nSPS) is 18.3. The summed E-state index contributed by atoms with van der Waals surface area (Å²) >= 11 is 0. The van der Waals surface area contributed by atoms with Crippen LogP contribution in [0, 0.1) is 0 Å². The summed E-state index contributed by atoms with van der Waals surface area (Å²) in [5.74, 6) is -1.48. The molecule has 2 aromatic carbocycles. The van der Waals surface area contributed by atoms with Crippen molar-refractivity contribution < 1.29 is 68.9 Å². The standard InChI is InChI=1S/C46H73N4O16PSi3/c1-32(2)50(33(3)4)67(55-8)63-42-39(31-60-70(65-68(9,10)11,66-69(12,13)14)64-41(37-21-17-15-18-22-37)38-23-19-16-20-24-38)61-44(49-26-25-40(47-34(5)51)48-45(49)54)43(42)62-46(58-29-27-56-35(6)52)59-30-28-57-36(7)53/h15-26,32-33,39,41-44,46H,27-31H2,1-14H3,(H,47,48,51,54)/t39-,42-,43-,44-,67?/m1/s1/i47+1,48+1. The molecule has 1 aromatic heterocycles. The van der Waals surface area contributed by atoms with Gasteiger partial charge < -0.3 is 59.9 Å². The maximum Gasteiger partial charge on any atom is 0.659 e. The molecule has 2 heterocycles. The third-order valence-corrected chi connectivity index (χ3v) is 19.6. The predicted octanol–water partition coefficient (Wildman–Crippen LogP) is 7.27. The first-order chi connectivity index (χ1) is 32.9. The fraction of sp³-hybridized carbons (Fsp3) is 0.587. The van der Waals surface area contributed by atoms with E-state index in [0.29, 0.717) is 0 Å². The molecule has 1 amide bonds. The van der Waals surface area contributed by atoms with E-state index >= 15 is 0 Å². The Morgan fingerprint density at radius 3 is 1.71 bits per heavy atom. The lowest BCUT2D eigenvalue weighted by atomic mass is 10.0. The van der Waals surface area contributed by atoms with Crippen LogP contribution in [0.25, 0.3) is 0 Å². The molecule has 0 bridgehead atoms. The molecule has 390 valence electrons. The second-order valence-corrected chi connectivity index (χ2v) is 31.8. The van der Waals surface area contributed by atoms with Crippen LogP contribution < -0.4 is 11.0 Å². The fourth-order valence-electron chi connectivity index (χ4n) is 7.20. The van der Waals surface area contributed by atoms with Crippen molar-refractivity contribution in [2.24, 2.45) is 0 Å². The van der Waals surface area contributed by atoms with E-state index in [0.717, 1.165) is 11.1 Å². The Morgan fingerprint density at radius 1 is 0.771 bits per heavy atom. The molecule has 70 heavy (non-hydrogen) atoms. The smallest absolute Gasteiger partial charge is 0.463 e. The van der Waals surface area contributed by atoms with Crippen molar-refractivity contribution in [2.75, 3.05) is 45.5 Å². The number of aromatic nitrogens is 2. The molecule has 1 aliphatic heterocycles. The predicted molar refractivity (Wildman–Crippen MR) is 268 cm³/mol. The molecule has 1 unspecified atom stereocenters. The monoisotopic (exact) mass is 1050 g/mol. The Kier molecular flexibility index (Phi) is 23.1. The van der Waals surface area contributed by atoms with Gasteiger partial charge in [0.15, 0.2) is 22.9 Å². The van der Waals surface area contributed by atoms with E-state index in [2.05, 4.69) is 15.0 Å². The molecule has 1 N–H and O–H groups in total. The van der Waals surface area contributed by atoms with Gasteiger partial charge in [0.1, 0.15) is 43.4 Å². The summed E-state index contributed by atoms with van der Waals surface area (Å²) in [6.45, 7) is 21.5. The largest absolute Gasteiger partial charge is 0.659 e. The number of esters is 2. The maximum atomic E-state index is 14.0. The summed E-state index contributed by atoms with van der Waals surface area (Å²) < 4.78 is 80.7. The van der Waals surface area contributed by atoms with E-state index in [9.17, 15) is 19.2 Å². The lowest BCUT2D eigenvalue weighted by Crippen LogP contribution is -2.60. The van der Waals surface area contributed by atoms with Crippen LogP contribution in [-0.2, 0) is 68.9 Å². The number of nitrogens with zero attached hydrogens (tertiary/aromatic N) is 3. The van der Waals surface area contributed by atoms with Gasteiger partial charge in [0.25, 0.3) is 15.0 Å². The van der Waals surface area contributed by atoms with Gasteiger partial charge in [-0.1, -0.05) is 60.7 Å². The molecule has 3 aromatic rings. The zero-order chi connectivity index (χ0) is 51.8. The van der Waals surface area contributed by atoms with Crippen molar-refractivity contribution in [2.45, 2.75) is 137 Å². The SMILES string of the molecule is COP(O[C@H]1[C@@H](OC(OCCOC(C)=O)OCCOC(C)=O)[C@H](n2ccc([15NH]C(C)=O)[15n]c2=O)O[C@@H]1CO[Si](OC(c1ccccc1)c1ccccc1)(O[Si](C)(C)C)O[Si](C)(C)C)N(C(C)C)C(C)C. The number of hydrogen-bond donors (Lipinski definition) is 1. The first-order valence-electron chi connectivity index (χ1n) is 23.2. The van der Waals surface area contributed by atoms with E-state index in [1.807, 2.05) is 128 Å². The van der Waals surface area contributed by atoms with Crippen LogP contribution in [0.15, 0.2) is 77.7 Å². The highest BCUT2D eigenvalue weighted by Gasteiger charge is 2.57. The summed E-state index contributed by atoms with van der Waals surface area (Å²) in [5, 5.41) is 2.54. The Balaban J connectivity index is 1.94. The van der Waals surface area contributed by atoms with Crippen molar-refractivity contribution in [1.29, 1.82) is 0 Å². The highest BCUT2D eigenvalue weighted by Crippen LogP contribution is 2.50. The van der Waals surface area contributed by atoms with Crippen molar-refractivity contribution in [3.05, 3.63) is 94.5 Å². The van der Waals surface area contributed by atoms with Gasteiger partial charge in [-0.05, 0) is 84.2 Å². The van der Waals surface area contributed by atoms with Crippen LogP contribution in [0.4, 0.5) is 5.82 Å². The van der Waals surface area contributed by atoms with Crippen molar-refractivity contribution in [3.8, 4) is 0 Å². The van der Waals surface area contributed by atoms with E-state index in [4.69, 9.17) is 54.6 Å². The molecule has 0 saturated carbocycles. The van der Waals surface area contributed by atoms with Gasteiger partial charge in [0.2, 0.25) is 5.91 Å². The number of hydrogen-bond acceptors (Lipinski definition) is 18. The molecule has 1 aliphatic rings. The minimum atomic E-state index is -4.29. The minimum absolute atomic E-state index is 0.0103. The molecule has 0 radical (unpaired) electrons. The van der Waals surface area contributed by atoms with E-state index in [1.165, 1.54) is 44.7 Å². The van der Waals surface area contributed by atoms with Crippen molar-refractivity contribution in [3.63, 3.8) is 0 Å². The quantitative estimate of drug-likeness (QED) is 0.0181. The Hall–Kier alpha value is -3.63. The first kappa shape index (κ1) is 58.9. The van der Waals surface area contributed by atoms with E-state index in [-0.39, 0.29) is 50.9 Å². The number of anilines is 1. The number of nitrogens with one attached hydrogen (secondary N) is 1. The number of ether oxygens (including phenoxy) is 6. The number of amides is 1. The van der Waals surface area contributed by atoms with Crippen LogP contribution >= 0.6 is 8.53 Å². The molecule has 1 fully saturated rings. The third-order valence-electron chi connectivity index (χ3n) is 9.62. The van der Waals surface area contributed by atoms with Gasteiger partial charge in [0.05, 0.1) is 19.8 Å². The molecule has 1 saturated heterocycles. The molecular weight excluding hydrogens is 982 g/mol. The average Bonchev–Trinajstić information content (AvgIpc) is 3.58. The Bertz CT molecular complexity index is 2070. The van der Waals surface area contributed by atoms with Gasteiger partial charge in [-0.15, -0.1) is 0 Å². The van der Waals surface area contributed by atoms with Gasteiger partial charge in [-0.25, -0.2) is 9.46 Å². The Labute approximate surface area is 416 Å². The highest BCUT2D eigenvalue weighted by atomic mass is 31.2. The van der Waals surface area contributed by atoms with Crippen LogP contribution in [0.2, 0.25) is 39.3 Å². The van der Waals surface area contributed by atoms with Crippen LogP contribution in [0.3, 0.4) is 0 Å². The fourth-order valence-corrected chi connectivity index (χ4v) is 17.2. The molecule has 20 nitrogen and oxygen atoms in total. The van der Waals surface area contributed by atoms with Crippen LogP contribution in [0.5, 0.6) is 0 Å². The lowest BCUT2D eigenvalue weighted by Gasteiger charge is -2.41. The molecular formula is C46H73N4O16PSi3. The number of carbonyl (C=O) groups excluding carboxylic acids is 3. The zero-order valence-electron chi connectivity index (χ0n) is 42.9. The molecule has 0 spiro atoms. The van der Waals surface area contributed by atoms with Crippen molar-refractivity contribution >= 4 is 57.9 Å². The summed E-state index contributed by atoms with van der Waals surface area (Å²) in [6.07, 6.45) is -4.16. The molecule has 4 rings (SSSR count). The summed E-state index contributed by atoms with van der Waals surface area (Å²) in [7, 11) is -9.83. The topological polar surface area (TPSA) is 212 Å². The first-order valence-corrected chi connectivity index (χ1v) is 32.8. The molecule has 0 aliphatic carbocycles. The Morgan fingerprint density at radius 2 is 1.29 bits per heavy atom. The lowest BCUT2D eigenvalue weighted by molar-refractivity contribution is -0.320. The minimum Gasteiger partial charge on any atom is -0.463 e. The second-order valence-electron chi connectivity index (χ2n) is 18.7. The number of carbonyl (C=O) groups is 3. The highest BCUT2D eigenvalue weighted by molar-refractivity contribution is 7.44. The summed E-state index contributed by atoms with van der Waals surface area (Å²) in [4.78, 5) is 53.5.